The maximum atomic E-state index is 12.8. The van der Waals surface area contributed by atoms with Gasteiger partial charge < -0.3 is 15.0 Å². The smallest absolute Gasteiger partial charge is 0.416 e. The predicted octanol–water partition coefficient (Wildman–Crippen LogP) is 3.59. The Bertz CT molecular complexity index is 720. The van der Waals surface area contributed by atoms with Crippen molar-refractivity contribution in [2.24, 2.45) is 5.92 Å². The molecule has 3 rings (SSSR count). The van der Waals surface area contributed by atoms with Crippen LogP contribution in [0, 0.1) is 5.92 Å². The lowest BCUT2D eigenvalue weighted by Crippen LogP contribution is -2.49. The summed E-state index contributed by atoms with van der Waals surface area (Å²) >= 11 is 5.37. The van der Waals surface area contributed by atoms with E-state index in [1.807, 2.05) is 12.2 Å². The predicted molar refractivity (Wildman–Crippen MR) is 91.0 cm³/mol. The Hall–Kier alpha value is -2.09. The molecule has 1 aromatic rings. The third-order valence-electron chi connectivity index (χ3n) is 4.36. The van der Waals surface area contributed by atoms with Gasteiger partial charge in [-0.15, -0.1) is 0 Å². The van der Waals surface area contributed by atoms with Crippen molar-refractivity contribution in [3.05, 3.63) is 42.0 Å². The van der Waals surface area contributed by atoms with Crippen LogP contribution < -0.4 is 5.32 Å². The minimum atomic E-state index is -4.43. The summed E-state index contributed by atoms with van der Waals surface area (Å²) in [4.78, 5) is 14.0. The lowest BCUT2D eigenvalue weighted by molar-refractivity contribution is -0.148. The summed E-state index contributed by atoms with van der Waals surface area (Å²) in [5.41, 5.74) is -0.528. The normalized spacial score (nSPS) is 24.5. The minimum Gasteiger partial charge on any atom is -0.464 e. The zero-order chi connectivity index (χ0) is 18.2. The zero-order valence-corrected chi connectivity index (χ0v) is 14.2. The Kier molecular flexibility index (Phi) is 4.73. The monoisotopic (exact) mass is 370 g/mol. The van der Waals surface area contributed by atoms with Gasteiger partial charge in [-0.1, -0.05) is 18.2 Å². The summed E-state index contributed by atoms with van der Waals surface area (Å²) < 4.78 is 43.6. The highest BCUT2D eigenvalue weighted by Crippen LogP contribution is 2.38. The Morgan fingerprint density at radius 1 is 1.40 bits per heavy atom. The number of halogens is 3. The van der Waals surface area contributed by atoms with Gasteiger partial charge in [0.25, 0.3) is 0 Å². The summed E-state index contributed by atoms with van der Waals surface area (Å²) in [6, 6.07) is 4.22. The topological polar surface area (TPSA) is 41.6 Å². The van der Waals surface area contributed by atoms with Gasteiger partial charge in [0, 0.05) is 11.6 Å². The first-order chi connectivity index (χ1) is 11.8. The van der Waals surface area contributed by atoms with E-state index in [4.69, 9.17) is 17.0 Å². The van der Waals surface area contributed by atoms with Crippen molar-refractivity contribution in [1.29, 1.82) is 0 Å². The van der Waals surface area contributed by atoms with E-state index in [0.29, 0.717) is 0 Å². The number of ether oxygens (including phenoxy) is 1. The van der Waals surface area contributed by atoms with Crippen molar-refractivity contribution in [1.82, 2.24) is 4.90 Å². The molecule has 0 spiro atoms. The van der Waals surface area contributed by atoms with Gasteiger partial charge in [0.1, 0.15) is 6.04 Å². The number of carbonyl (C=O) groups excluding carboxylic acids is 1. The van der Waals surface area contributed by atoms with Gasteiger partial charge in [0.2, 0.25) is 0 Å². The Morgan fingerprint density at radius 2 is 2.16 bits per heavy atom. The van der Waals surface area contributed by atoms with Gasteiger partial charge in [-0.05, 0) is 43.8 Å². The van der Waals surface area contributed by atoms with Crippen LogP contribution in [0.4, 0.5) is 18.9 Å². The second kappa shape index (κ2) is 6.67. The van der Waals surface area contributed by atoms with Crippen LogP contribution in [0.1, 0.15) is 18.9 Å². The van der Waals surface area contributed by atoms with Crippen LogP contribution in [0.3, 0.4) is 0 Å². The number of rotatable bonds is 3. The first kappa shape index (κ1) is 17.7. The number of hydrogen-bond donors (Lipinski definition) is 1. The highest BCUT2D eigenvalue weighted by atomic mass is 32.1. The molecule has 1 aromatic carbocycles. The fraction of sp³-hybridized carbons (Fsp3) is 0.412. The van der Waals surface area contributed by atoms with Crippen LogP contribution in [-0.4, -0.2) is 34.7 Å². The van der Waals surface area contributed by atoms with Crippen LogP contribution >= 0.6 is 12.2 Å². The summed E-state index contributed by atoms with van der Waals surface area (Å²) in [6.07, 6.45) is 0.242. The Balaban J connectivity index is 1.78. The molecule has 0 aromatic heterocycles. The molecule has 134 valence electrons. The molecule has 2 bridgehead atoms. The Morgan fingerprint density at radius 3 is 2.84 bits per heavy atom. The van der Waals surface area contributed by atoms with Crippen molar-refractivity contribution in [3.63, 3.8) is 0 Å². The fourth-order valence-electron chi connectivity index (χ4n) is 3.31. The molecule has 1 aliphatic carbocycles. The second-order valence-corrected chi connectivity index (χ2v) is 6.35. The van der Waals surface area contributed by atoms with E-state index in [-0.39, 0.29) is 35.3 Å². The number of esters is 1. The molecule has 0 saturated carbocycles. The average Bonchev–Trinajstić information content (AvgIpc) is 3.15. The molecular formula is C17H17F3N2O2S. The molecule has 4 nitrogen and oxygen atoms in total. The largest absolute Gasteiger partial charge is 0.464 e. The Labute approximate surface area is 148 Å². The standard InChI is InChI=1S/C17H17F3N2O2S/c1-2-24-15(23)14-10-6-7-13(8-10)22(14)16(25)21-12-5-3-4-11(9-12)17(18,19)20/h3-7,9-10,13-14H,2,8H2,1H3,(H,21,25). The van der Waals surface area contributed by atoms with Crippen molar-refractivity contribution in [2.75, 3.05) is 11.9 Å². The molecular weight excluding hydrogens is 353 g/mol. The molecule has 1 saturated heterocycles. The quantitative estimate of drug-likeness (QED) is 0.500. The average molecular weight is 370 g/mol. The summed E-state index contributed by atoms with van der Waals surface area (Å²) in [5, 5.41) is 3.04. The molecule has 1 fully saturated rings. The summed E-state index contributed by atoms with van der Waals surface area (Å²) in [6.45, 7) is 1.99. The van der Waals surface area contributed by atoms with Gasteiger partial charge in [-0.2, -0.15) is 13.2 Å². The van der Waals surface area contributed by atoms with Gasteiger partial charge in [0.15, 0.2) is 5.11 Å². The number of hydrogen-bond acceptors (Lipinski definition) is 3. The van der Waals surface area contributed by atoms with Gasteiger partial charge >= 0.3 is 12.1 Å². The van der Waals surface area contributed by atoms with E-state index in [1.165, 1.54) is 12.1 Å². The SMILES string of the molecule is CCOC(=O)C1C2C=CC(C2)N1C(=S)Nc1cccc(C(F)(F)F)c1. The summed E-state index contributed by atoms with van der Waals surface area (Å²) in [7, 11) is 0. The van der Waals surface area contributed by atoms with Crippen LogP contribution in [0.5, 0.6) is 0 Å². The molecule has 3 atom stereocenters. The molecule has 1 N–H and O–H groups in total. The number of alkyl halides is 3. The van der Waals surface area contributed by atoms with Crippen LogP contribution in [0.2, 0.25) is 0 Å². The van der Waals surface area contributed by atoms with E-state index in [9.17, 15) is 18.0 Å². The minimum absolute atomic E-state index is 0.00492. The number of fused-ring (bicyclic) bond motifs is 2. The lowest BCUT2D eigenvalue weighted by Gasteiger charge is -2.33. The number of thiocarbonyl (C=S) groups is 1. The first-order valence-corrected chi connectivity index (χ1v) is 8.33. The van der Waals surface area contributed by atoms with Crippen LogP contribution in [0.15, 0.2) is 36.4 Å². The van der Waals surface area contributed by atoms with Crippen molar-refractivity contribution >= 4 is 29.0 Å². The third kappa shape index (κ3) is 3.49. The maximum Gasteiger partial charge on any atom is 0.416 e. The van der Waals surface area contributed by atoms with Gasteiger partial charge in [-0.25, -0.2) is 4.79 Å². The van der Waals surface area contributed by atoms with Crippen molar-refractivity contribution in [3.8, 4) is 0 Å². The maximum absolute atomic E-state index is 12.8. The summed E-state index contributed by atoms with van der Waals surface area (Å²) in [5.74, 6) is -0.363. The lowest BCUT2D eigenvalue weighted by atomic mass is 10.0. The van der Waals surface area contributed by atoms with E-state index >= 15 is 0 Å². The van der Waals surface area contributed by atoms with E-state index < -0.39 is 17.8 Å². The first-order valence-electron chi connectivity index (χ1n) is 7.92. The number of carbonyl (C=O) groups is 1. The molecule has 25 heavy (non-hydrogen) atoms. The number of nitrogens with zero attached hydrogens (tertiary/aromatic N) is 1. The number of benzene rings is 1. The van der Waals surface area contributed by atoms with Gasteiger partial charge in [0.05, 0.1) is 18.2 Å². The zero-order valence-electron chi connectivity index (χ0n) is 13.4. The third-order valence-corrected chi connectivity index (χ3v) is 4.67. The second-order valence-electron chi connectivity index (χ2n) is 5.96. The van der Waals surface area contributed by atoms with Crippen LogP contribution in [-0.2, 0) is 15.7 Å². The molecule has 0 amide bonds. The van der Waals surface area contributed by atoms with E-state index in [0.717, 1.165) is 18.6 Å². The fourth-order valence-corrected chi connectivity index (χ4v) is 3.68. The van der Waals surface area contributed by atoms with E-state index in [1.54, 1.807) is 11.8 Å². The highest BCUT2D eigenvalue weighted by molar-refractivity contribution is 7.80. The molecule has 1 aliphatic heterocycles. The van der Waals surface area contributed by atoms with Crippen molar-refractivity contribution < 1.29 is 22.7 Å². The van der Waals surface area contributed by atoms with Crippen molar-refractivity contribution in [2.45, 2.75) is 31.6 Å². The highest BCUT2D eigenvalue weighted by Gasteiger charge is 2.48. The van der Waals surface area contributed by atoms with E-state index in [2.05, 4.69) is 5.32 Å². The van der Waals surface area contributed by atoms with Gasteiger partial charge in [-0.3, -0.25) is 0 Å². The number of anilines is 1. The number of likely N-dealkylation sites (tertiary alicyclic amines) is 1. The van der Waals surface area contributed by atoms with Crippen LogP contribution in [0.25, 0.3) is 0 Å². The molecule has 1 heterocycles. The molecule has 3 unspecified atom stereocenters. The number of nitrogens with one attached hydrogen (secondary N) is 1. The molecule has 0 radical (unpaired) electrons. The molecule has 8 heteroatoms. The molecule has 2 aliphatic rings.